The second kappa shape index (κ2) is 9.10. The van der Waals surface area contributed by atoms with E-state index in [2.05, 4.69) is 0 Å². The van der Waals surface area contributed by atoms with Crippen LogP contribution in [0.3, 0.4) is 0 Å². The number of halogens is 5. The highest BCUT2D eigenvalue weighted by molar-refractivity contribution is 6.35. The Hall–Kier alpha value is -1.51. The van der Waals surface area contributed by atoms with Gasteiger partial charge in [-0.15, -0.1) is 0 Å². The topological polar surface area (TPSA) is 43.9 Å². The highest BCUT2D eigenvalue weighted by Gasteiger charge is 2.38. The summed E-state index contributed by atoms with van der Waals surface area (Å²) in [6.07, 6.45) is -2.60. The second-order valence-corrected chi connectivity index (χ2v) is 8.19. The highest BCUT2D eigenvalue weighted by atomic mass is 35.5. The fourth-order valence-electron chi connectivity index (χ4n) is 3.90. The van der Waals surface area contributed by atoms with Crippen molar-refractivity contribution in [2.45, 2.75) is 31.5 Å². The van der Waals surface area contributed by atoms with Crippen LogP contribution in [0.25, 0.3) is 0 Å². The van der Waals surface area contributed by atoms with E-state index in [-0.39, 0.29) is 42.0 Å². The molecule has 0 aliphatic carbocycles. The van der Waals surface area contributed by atoms with Gasteiger partial charge in [0.05, 0.1) is 17.1 Å². The number of hydrogen-bond acceptors (Lipinski definition) is 3. The number of alkyl halides is 3. The van der Waals surface area contributed by atoms with E-state index in [0.717, 1.165) is 0 Å². The Labute approximate surface area is 177 Å². The van der Waals surface area contributed by atoms with E-state index in [9.17, 15) is 22.8 Å². The molecule has 0 saturated carbocycles. The van der Waals surface area contributed by atoms with Crippen LogP contribution in [0.15, 0.2) is 18.2 Å². The first kappa shape index (κ1) is 22.2. The predicted molar refractivity (Wildman–Crippen MR) is 104 cm³/mol. The summed E-state index contributed by atoms with van der Waals surface area (Å²) in [6, 6.07) is 3.96. The second-order valence-electron chi connectivity index (χ2n) is 7.35. The Bertz CT molecular complexity index is 776. The van der Waals surface area contributed by atoms with Crippen molar-refractivity contribution in [3.63, 3.8) is 0 Å². The van der Waals surface area contributed by atoms with Crippen LogP contribution in [0, 0.1) is 0 Å². The van der Waals surface area contributed by atoms with Gasteiger partial charge in [-0.25, -0.2) is 0 Å². The summed E-state index contributed by atoms with van der Waals surface area (Å²) in [4.78, 5) is 30.4. The Morgan fingerprint density at radius 2 is 1.79 bits per heavy atom. The summed E-state index contributed by atoms with van der Waals surface area (Å²) in [5.41, 5.74) is 0.242. The maximum absolute atomic E-state index is 13.1. The lowest BCUT2D eigenvalue weighted by molar-refractivity contribution is -0.145. The van der Waals surface area contributed by atoms with Gasteiger partial charge in [0.1, 0.15) is 6.04 Å². The molecule has 10 heteroatoms. The molecule has 0 bridgehead atoms. The van der Waals surface area contributed by atoms with E-state index in [1.807, 2.05) is 0 Å². The van der Waals surface area contributed by atoms with Crippen molar-refractivity contribution in [2.24, 2.45) is 0 Å². The molecule has 0 N–H and O–H groups in total. The van der Waals surface area contributed by atoms with Gasteiger partial charge in [0.25, 0.3) is 5.91 Å². The molecule has 3 rings (SSSR count). The zero-order valence-electron chi connectivity index (χ0n) is 15.7. The number of rotatable bonds is 3. The minimum atomic E-state index is -4.26. The van der Waals surface area contributed by atoms with Crippen molar-refractivity contribution in [3.8, 4) is 0 Å². The van der Waals surface area contributed by atoms with Crippen LogP contribution in [0.4, 0.5) is 13.2 Å². The zero-order valence-corrected chi connectivity index (χ0v) is 17.2. The van der Waals surface area contributed by atoms with Crippen molar-refractivity contribution in [1.29, 1.82) is 0 Å². The molecule has 0 spiro atoms. The van der Waals surface area contributed by atoms with E-state index in [1.54, 1.807) is 11.0 Å². The van der Waals surface area contributed by atoms with Crippen LogP contribution in [0.1, 0.15) is 29.6 Å². The van der Waals surface area contributed by atoms with Gasteiger partial charge in [0.2, 0.25) is 5.91 Å². The number of benzene rings is 1. The van der Waals surface area contributed by atoms with Crippen LogP contribution < -0.4 is 0 Å². The molecular formula is C19H22Cl2F3N3O2. The summed E-state index contributed by atoms with van der Waals surface area (Å²) < 4.78 is 37.9. The van der Waals surface area contributed by atoms with Crippen molar-refractivity contribution < 1.29 is 22.8 Å². The first-order valence-electron chi connectivity index (χ1n) is 9.49. The summed E-state index contributed by atoms with van der Waals surface area (Å²) in [6.45, 7) is 0.484. The minimum absolute atomic E-state index is 0.159. The van der Waals surface area contributed by atoms with Gasteiger partial charge in [0, 0.05) is 37.7 Å². The highest BCUT2D eigenvalue weighted by Crippen LogP contribution is 2.27. The molecule has 1 atom stereocenters. The van der Waals surface area contributed by atoms with Gasteiger partial charge in [-0.3, -0.25) is 14.5 Å². The quantitative estimate of drug-likeness (QED) is 0.703. The van der Waals surface area contributed by atoms with Crippen LogP contribution in [-0.2, 0) is 4.79 Å². The van der Waals surface area contributed by atoms with Crippen molar-refractivity contribution in [3.05, 3.63) is 33.8 Å². The lowest BCUT2D eigenvalue weighted by atomic mass is 10.1. The SMILES string of the molecule is O=C(C1CCCN1C(=O)c1cc(Cl)ccc1Cl)N1CCCN(CC(F)(F)F)CC1. The monoisotopic (exact) mass is 451 g/mol. The molecule has 2 fully saturated rings. The van der Waals surface area contributed by atoms with E-state index in [0.29, 0.717) is 37.4 Å². The van der Waals surface area contributed by atoms with Gasteiger partial charge in [0.15, 0.2) is 0 Å². The lowest BCUT2D eigenvalue weighted by Gasteiger charge is -2.30. The van der Waals surface area contributed by atoms with E-state index >= 15 is 0 Å². The van der Waals surface area contributed by atoms with Gasteiger partial charge in [-0.1, -0.05) is 23.2 Å². The molecule has 0 aromatic heterocycles. The number of carbonyl (C=O) groups excluding carboxylic acids is 2. The molecule has 0 radical (unpaired) electrons. The third-order valence-corrected chi connectivity index (χ3v) is 5.83. The molecule has 2 saturated heterocycles. The Morgan fingerprint density at radius 1 is 1.03 bits per heavy atom. The molecular weight excluding hydrogens is 430 g/mol. The van der Waals surface area contributed by atoms with Gasteiger partial charge < -0.3 is 9.80 Å². The molecule has 29 heavy (non-hydrogen) atoms. The fraction of sp³-hybridized carbons (Fsp3) is 0.579. The van der Waals surface area contributed by atoms with E-state index in [4.69, 9.17) is 23.2 Å². The number of likely N-dealkylation sites (tertiary alicyclic amines) is 1. The fourth-order valence-corrected chi connectivity index (χ4v) is 4.27. The summed E-state index contributed by atoms with van der Waals surface area (Å²) >= 11 is 12.1. The van der Waals surface area contributed by atoms with Gasteiger partial charge in [-0.2, -0.15) is 13.2 Å². The summed E-state index contributed by atoms with van der Waals surface area (Å²) in [5, 5.41) is 0.632. The van der Waals surface area contributed by atoms with Crippen LogP contribution in [0.2, 0.25) is 10.0 Å². The summed E-state index contributed by atoms with van der Waals surface area (Å²) in [5.74, 6) is -0.579. The van der Waals surface area contributed by atoms with Crippen molar-refractivity contribution in [1.82, 2.24) is 14.7 Å². The third-order valence-electron chi connectivity index (χ3n) is 5.26. The maximum atomic E-state index is 13.1. The maximum Gasteiger partial charge on any atom is 0.401 e. The van der Waals surface area contributed by atoms with E-state index in [1.165, 1.54) is 21.9 Å². The molecule has 2 heterocycles. The number of nitrogens with zero attached hydrogens (tertiary/aromatic N) is 3. The standard InChI is InChI=1S/C19H22Cl2F3N3O2/c20-13-4-5-15(21)14(11-13)17(28)27-8-1-3-16(27)18(29)26-7-2-6-25(9-10-26)12-19(22,23)24/h4-5,11,16H,1-3,6-10,12H2. The smallest absolute Gasteiger partial charge is 0.340 e. The number of carbonyl (C=O) groups is 2. The van der Waals surface area contributed by atoms with Crippen LogP contribution in [0.5, 0.6) is 0 Å². The Kier molecular flexibility index (Phi) is 6.96. The van der Waals surface area contributed by atoms with Gasteiger partial charge >= 0.3 is 6.18 Å². The molecule has 2 aliphatic rings. The Balaban J connectivity index is 1.68. The largest absolute Gasteiger partial charge is 0.401 e. The molecule has 1 aromatic carbocycles. The van der Waals surface area contributed by atoms with E-state index < -0.39 is 18.8 Å². The minimum Gasteiger partial charge on any atom is -0.340 e. The zero-order chi connectivity index (χ0) is 21.2. The molecule has 160 valence electrons. The molecule has 1 aromatic rings. The summed E-state index contributed by atoms with van der Waals surface area (Å²) in [7, 11) is 0. The number of amides is 2. The molecule has 2 amide bonds. The third kappa shape index (κ3) is 5.55. The molecule has 5 nitrogen and oxygen atoms in total. The van der Waals surface area contributed by atoms with Crippen LogP contribution >= 0.6 is 23.2 Å². The lowest BCUT2D eigenvalue weighted by Crippen LogP contribution is -2.49. The van der Waals surface area contributed by atoms with Gasteiger partial charge in [-0.05, 0) is 37.5 Å². The van der Waals surface area contributed by atoms with Crippen molar-refractivity contribution >= 4 is 35.0 Å². The average molecular weight is 452 g/mol. The van der Waals surface area contributed by atoms with Crippen LogP contribution in [-0.4, -0.2) is 78.0 Å². The van der Waals surface area contributed by atoms with Crippen molar-refractivity contribution in [2.75, 3.05) is 39.3 Å². The first-order chi connectivity index (χ1) is 13.7. The average Bonchev–Trinajstić information content (AvgIpc) is 3.02. The predicted octanol–water partition coefficient (Wildman–Crippen LogP) is 3.69. The molecule has 2 aliphatic heterocycles. The molecule has 1 unspecified atom stereocenters. The first-order valence-corrected chi connectivity index (χ1v) is 10.3. The normalized spacial score (nSPS) is 21.3. The number of hydrogen-bond donors (Lipinski definition) is 0. The Morgan fingerprint density at radius 3 is 2.52 bits per heavy atom.